The number of nitrogens with zero attached hydrogens (tertiary/aromatic N) is 1. The molecule has 136 valence electrons. The third-order valence-corrected chi connectivity index (χ3v) is 5.94. The molecule has 1 aromatic carbocycles. The molecule has 1 atom stereocenters. The molecular formula is C19H25F2N3O. The van der Waals surface area contributed by atoms with Gasteiger partial charge in [0.2, 0.25) is 0 Å². The maximum Gasteiger partial charge on any atom is 0.315 e. The second-order valence-electron chi connectivity index (χ2n) is 7.78. The molecule has 0 spiro atoms. The second kappa shape index (κ2) is 6.56. The third kappa shape index (κ3) is 3.50. The van der Waals surface area contributed by atoms with Gasteiger partial charge in [-0.1, -0.05) is 6.07 Å². The van der Waals surface area contributed by atoms with Crippen molar-refractivity contribution in [2.45, 2.75) is 50.1 Å². The Bertz CT molecular complexity index is 658. The summed E-state index contributed by atoms with van der Waals surface area (Å²) >= 11 is 0. The predicted octanol–water partition coefficient (Wildman–Crippen LogP) is 3.13. The maximum absolute atomic E-state index is 14.2. The Morgan fingerprint density at radius 2 is 2.04 bits per heavy atom. The van der Waals surface area contributed by atoms with Crippen molar-refractivity contribution >= 4 is 6.03 Å². The quantitative estimate of drug-likeness (QED) is 0.858. The van der Waals surface area contributed by atoms with Gasteiger partial charge in [-0.25, -0.2) is 13.6 Å². The summed E-state index contributed by atoms with van der Waals surface area (Å²) in [5, 5.41) is 5.91. The smallest absolute Gasteiger partial charge is 0.315 e. The Hall–Kier alpha value is -1.69. The molecule has 2 saturated carbocycles. The molecule has 1 aliphatic heterocycles. The van der Waals surface area contributed by atoms with Crippen molar-refractivity contribution in [2.75, 3.05) is 19.6 Å². The van der Waals surface area contributed by atoms with E-state index in [1.54, 1.807) is 0 Å². The van der Waals surface area contributed by atoms with Crippen molar-refractivity contribution in [1.29, 1.82) is 0 Å². The standard InChI is InChI=1S/C19H25F2N3O/c20-14-2-5-16(17(21)10-14)19(7-1-8-19)23-18(25)22-11-13-6-9-24(12-13)15-3-4-15/h2,5,10,13,15H,1,3-4,6-9,11-12H2,(H2,22,23,25)/t13-/m0/s1. The highest BCUT2D eigenvalue weighted by atomic mass is 19.1. The minimum Gasteiger partial charge on any atom is -0.338 e. The van der Waals surface area contributed by atoms with Gasteiger partial charge in [0.05, 0.1) is 5.54 Å². The fourth-order valence-electron chi connectivity index (χ4n) is 4.17. The largest absolute Gasteiger partial charge is 0.338 e. The van der Waals surface area contributed by atoms with E-state index in [1.165, 1.54) is 25.0 Å². The van der Waals surface area contributed by atoms with Gasteiger partial charge in [0, 0.05) is 30.8 Å². The normalized spacial score (nSPS) is 25.4. The van der Waals surface area contributed by atoms with Gasteiger partial charge < -0.3 is 15.5 Å². The van der Waals surface area contributed by atoms with E-state index in [4.69, 9.17) is 0 Å². The number of hydrogen-bond acceptors (Lipinski definition) is 2. The fraction of sp³-hybridized carbons (Fsp3) is 0.632. The van der Waals surface area contributed by atoms with Crippen LogP contribution in [0.5, 0.6) is 0 Å². The molecule has 1 saturated heterocycles. The molecule has 1 aromatic rings. The van der Waals surface area contributed by atoms with Crippen molar-refractivity contribution in [3.8, 4) is 0 Å². The Balaban J connectivity index is 1.33. The molecule has 1 heterocycles. The lowest BCUT2D eigenvalue weighted by Gasteiger charge is -2.43. The lowest BCUT2D eigenvalue weighted by Crippen LogP contribution is -2.54. The van der Waals surface area contributed by atoms with Crippen molar-refractivity contribution in [3.63, 3.8) is 0 Å². The van der Waals surface area contributed by atoms with Crippen LogP contribution in [0, 0.1) is 17.6 Å². The highest BCUT2D eigenvalue weighted by Crippen LogP contribution is 2.42. The summed E-state index contributed by atoms with van der Waals surface area (Å²) in [5.74, 6) is -0.691. The van der Waals surface area contributed by atoms with E-state index < -0.39 is 17.2 Å². The van der Waals surface area contributed by atoms with E-state index in [2.05, 4.69) is 15.5 Å². The van der Waals surface area contributed by atoms with Crippen molar-refractivity contribution in [1.82, 2.24) is 15.5 Å². The number of urea groups is 1. The van der Waals surface area contributed by atoms with Gasteiger partial charge in [0.15, 0.2) is 0 Å². The predicted molar refractivity (Wildman–Crippen MR) is 91.1 cm³/mol. The van der Waals surface area contributed by atoms with Gasteiger partial charge in [-0.15, -0.1) is 0 Å². The van der Waals surface area contributed by atoms with Crippen LogP contribution in [0.25, 0.3) is 0 Å². The molecule has 0 bridgehead atoms. The summed E-state index contributed by atoms with van der Waals surface area (Å²) in [7, 11) is 0. The minimum atomic E-state index is -0.697. The highest BCUT2D eigenvalue weighted by Gasteiger charge is 2.42. The van der Waals surface area contributed by atoms with Gasteiger partial charge in [-0.2, -0.15) is 0 Å². The number of benzene rings is 1. The van der Waals surface area contributed by atoms with Gasteiger partial charge in [0.1, 0.15) is 11.6 Å². The van der Waals surface area contributed by atoms with Crippen LogP contribution in [0.3, 0.4) is 0 Å². The summed E-state index contributed by atoms with van der Waals surface area (Å²) in [6.45, 7) is 2.84. The number of hydrogen-bond donors (Lipinski definition) is 2. The molecule has 4 nitrogen and oxygen atoms in total. The van der Waals surface area contributed by atoms with E-state index in [9.17, 15) is 13.6 Å². The molecule has 2 N–H and O–H groups in total. The van der Waals surface area contributed by atoms with Crippen LogP contribution in [0.1, 0.15) is 44.1 Å². The van der Waals surface area contributed by atoms with Crippen LogP contribution in [0.2, 0.25) is 0 Å². The van der Waals surface area contributed by atoms with Crippen LogP contribution >= 0.6 is 0 Å². The first kappa shape index (κ1) is 16.8. The monoisotopic (exact) mass is 349 g/mol. The lowest BCUT2D eigenvalue weighted by atomic mass is 9.71. The average Bonchev–Trinajstić information content (AvgIpc) is 3.28. The zero-order valence-electron chi connectivity index (χ0n) is 14.4. The van der Waals surface area contributed by atoms with Gasteiger partial charge >= 0.3 is 6.03 Å². The molecule has 3 aliphatic rings. The average molecular weight is 349 g/mol. The Kier molecular flexibility index (Phi) is 4.40. The lowest BCUT2D eigenvalue weighted by molar-refractivity contribution is 0.172. The molecule has 0 unspecified atom stereocenters. The van der Waals surface area contributed by atoms with E-state index in [0.717, 1.165) is 38.0 Å². The molecule has 6 heteroatoms. The van der Waals surface area contributed by atoms with Crippen LogP contribution in [-0.4, -0.2) is 36.6 Å². The summed E-state index contributed by atoms with van der Waals surface area (Å²) in [5.41, 5.74) is -0.312. The number of amides is 2. The molecule has 2 amide bonds. The SMILES string of the molecule is O=C(NC[C@@H]1CCN(C2CC2)C1)NC1(c2ccc(F)cc2F)CCC1. The zero-order valence-corrected chi connectivity index (χ0v) is 14.4. The Morgan fingerprint density at radius 1 is 1.24 bits per heavy atom. The molecule has 3 fully saturated rings. The molecular weight excluding hydrogens is 324 g/mol. The third-order valence-electron chi connectivity index (χ3n) is 5.94. The van der Waals surface area contributed by atoms with Crippen LogP contribution in [-0.2, 0) is 5.54 Å². The first-order valence-corrected chi connectivity index (χ1v) is 9.31. The van der Waals surface area contributed by atoms with E-state index in [0.29, 0.717) is 30.9 Å². The summed E-state index contributed by atoms with van der Waals surface area (Å²) in [6.07, 6.45) is 6.03. The Labute approximate surface area is 147 Å². The molecule has 4 rings (SSSR count). The summed E-state index contributed by atoms with van der Waals surface area (Å²) in [6, 6.07) is 4.12. The topological polar surface area (TPSA) is 44.4 Å². The van der Waals surface area contributed by atoms with Crippen molar-refractivity contribution in [3.05, 3.63) is 35.4 Å². The summed E-state index contributed by atoms with van der Waals surface area (Å²) in [4.78, 5) is 14.9. The zero-order chi connectivity index (χ0) is 17.4. The molecule has 25 heavy (non-hydrogen) atoms. The van der Waals surface area contributed by atoms with E-state index >= 15 is 0 Å². The number of carbonyl (C=O) groups is 1. The molecule has 2 aliphatic carbocycles. The molecule has 0 aromatic heterocycles. The van der Waals surface area contributed by atoms with Crippen molar-refractivity contribution < 1.29 is 13.6 Å². The van der Waals surface area contributed by atoms with Crippen molar-refractivity contribution in [2.24, 2.45) is 5.92 Å². The summed E-state index contributed by atoms with van der Waals surface area (Å²) < 4.78 is 27.3. The van der Waals surface area contributed by atoms with Gasteiger partial charge in [-0.3, -0.25) is 0 Å². The van der Waals surface area contributed by atoms with Gasteiger partial charge in [-0.05, 0) is 57.1 Å². The van der Waals surface area contributed by atoms with Crippen LogP contribution in [0.15, 0.2) is 18.2 Å². The van der Waals surface area contributed by atoms with Crippen LogP contribution < -0.4 is 10.6 Å². The molecule has 0 radical (unpaired) electrons. The van der Waals surface area contributed by atoms with E-state index in [-0.39, 0.29) is 6.03 Å². The first-order chi connectivity index (χ1) is 12.1. The maximum atomic E-state index is 14.2. The number of halogens is 2. The number of rotatable bonds is 5. The second-order valence-corrected chi connectivity index (χ2v) is 7.78. The fourth-order valence-corrected chi connectivity index (χ4v) is 4.17. The number of carbonyl (C=O) groups excluding carboxylic acids is 1. The highest BCUT2D eigenvalue weighted by molar-refractivity contribution is 5.75. The van der Waals surface area contributed by atoms with Crippen LogP contribution in [0.4, 0.5) is 13.6 Å². The number of likely N-dealkylation sites (tertiary alicyclic amines) is 1. The van der Waals surface area contributed by atoms with E-state index in [1.807, 2.05) is 0 Å². The Morgan fingerprint density at radius 3 is 2.68 bits per heavy atom. The first-order valence-electron chi connectivity index (χ1n) is 9.31. The minimum absolute atomic E-state index is 0.256. The number of nitrogens with one attached hydrogen (secondary N) is 2. The van der Waals surface area contributed by atoms with Gasteiger partial charge in [0.25, 0.3) is 0 Å².